The zero-order chi connectivity index (χ0) is 18.1. The van der Waals surface area contributed by atoms with Crippen LogP contribution < -0.4 is 10.9 Å². The van der Waals surface area contributed by atoms with Crippen LogP contribution in [0.25, 0.3) is 21.5 Å². The SMILES string of the molecule is CNC(=O)c1nn(Cc2cccc3ccccc23)c(=O)c2ccccc12. The fourth-order valence-corrected chi connectivity index (χ4v) is 3.22. The number of carbonyl (C=O) groups excluding carboxylic acids is 1. The van der Waals surface area contributed by atoms with Gasteiger partial charge in [0.1, 0.15) is 0 Å². The van der Waals surface area contributed by atoms with Crippen molar-refractivity contribution in [2.24, 2.45) is 0 Å². The van der Waals surface area contributed by atoms with Gasteiger partial charge in [-0.3, -0.25) is 9.59 Å². The Labute approximate surface area is 149 Å². The zero-order valence-corrected chi connectivity index (χ0v) is 14.3. The third-order valence-corrected chi connectivity index (χ3v) is 4.51. The minimum Gasteiger partial charge on any atom is -0.354 e. The van der Waals surface area contributed by atoms with Crippen LogP contribution in [0.4, 0.5) is 0 Å². The van der Waals surface area contributed by atoms with Gasteiger partial charge in [-0.2, -0.15) is 5.10 Å². The van der Waals surface area contributed by atoms with Gasteiger partial charge < -0.3 is 5.32 Å². The molecule has 128 valence electrons. The number of fused-ring (bicyclic) bond motifs is 2. The Morgan fingerprint density at radius 1 is 0.923 bits per heavy atom. The van der Waals surface area contributed by atoms with E-state index in [1.807, 2.05) is 42.5 Å². The van der Waals surface area contributed by atoms with Crippen LogP contribution in [0.2, 0.25) is 0 Å². The Kier molecular flexibility index (Phi) is 3.97. The predicted molar refractivity (Wildman–Crippen MR) is 102 cm³/mol. The van der Waals surface area contributed by atoms with E-state index >= 15 is 0 Å². The summed E-state index contributed by atoms with van der Waals surface area (Å²) in [5.74, 6) is -0.312. The van der Waals surface area contributed by atoms with Gasteiger partial charge in [0.05, 0.1) is 11.9 Å². The van der Waals surface area contributed by atoms with E-state index in [9.17, 15) is 9.59 Å². The molecule has 0 radical (unpaired) electrons. The number of nitrogens with one attached hydrogen (secondary N) is 1. The van der Waals surface area contributed by atoms with Crippen LogP contribution in [0.5, 0.6) is 0 Å². The fraction of sp³-hybridized carbons (Fsp3) is 0.0952. The number of hydrogen-bond acceptors (Lipinski definition) is 3. The van der Waals surface area contributed by atoms with Gasteiger partial charge >= 0.3 is 0 Å². The molecule has 1 aromatic heterocycles. The number of aromatic nitrogens is 2. The summed E-state index contributed by atoms with van der Waals surface area (Å²) in [6.07, 6.45) is 0. The molecule has 0 aliphatic carbocycles. The Hall–Kier alpha value is -3.47. The summed E-state index contributed by atoms with van der Waals surface area (Å²) >= 11 is 0. The van der Waals surface area contributed by atoms with Crippen molar-refractivity contribution < 1.29 is 4.79 Å². The molecule has 1 heterocycles. The standard InChI is InChI=1S/C21H17N3O2/c1-22-20(25)19-17-11-4-5-12-18(17)21(26)24(23-19)13-15-9-6-8-14-7-2-3-10-16(14)15/h2-12H,13H2,1H3,(H,22,25). The molecule has 0 spiro atoms. The minimum atomic E-state index is -0.312. The van der Waals surface area contributed by atoms with Crippen molar-refractivity contribution >= 4 is 27.5 Å². The Morgan fingerprint density at radius 2 is 1.58 bits per heavy atom. The lowest BCUT2D eigenvalue weighted by molar-refractivity contribution is 0.0957. The lowest BCUT2D eigenvalue weighted by Gasteiger charge is -2.12. The van der Waals surface area contributed by atoms with E-state index in [1.54, 1.807) is 31.3 Å². The van der Waals surface area contributed by atoms with Gasteiger partial charge in [0, 0.05) is 12.4 Å². The Bertz CT molecular complexity index is 1190. The first-order valence-corrected chi connectivity index (χ1v) is 8.37. The topological polar surface area (TPSA) is 64.0 Å². The molecule has 0 aliphatic heterocycles. The van der Waals surface area contributed by atoms with Crippen LogP contribution in [-0.4, -0.2) is 22.7 Å². The van der Waals surface area contributed by atoms with Crippen molar-refractivity contribution in [2.75, 3.05) is 7.05 Å². The summed E-state index contributed by atoms with van der Waals surface area (Å²) in [4.78, 5) is 25.2. The Balaban J connectivity index is 1.93. The second-order valence-corrected chi connectivity index (χ2v) is 6.07. The average Bonchev–Trinajstić information content (AvgIpc) is 2.70. The van der Waals surface area contributed by atoms with Gasteiger partial charge in [-0.15, -0.1) is 0 Å². The highest BCUT2D eigenvalue weighted by Crippen LogP contribution is 2.20. The maximum atomic E-state index is 12.9. The van der Waals surface area contributed by atoms with Gasteiger partial charge in [0.2, 0.25) is 0 Å². The summed E-state index contributed by atoms with van der Waals surface area (Å²) in [5, 5.41) is 10.2. The fourth-order valence-electron chi connectivity index (χ4n) is 3.22. The molecule has 0 saturated heterocycles. The van der Waals surface area contributed by atoms with Crippen molar-refractivity contribution in [3.05, 3.63) is 88.3 Å². The van der Waals surface area contributed by atoms with Crippen molar-refractivity contribution in [3.8, 4) is 0 Å². The molecule has 0 saturated carbocycles. The number of rotatable bonds is 3. The smallest absolute Gasteiger partial charge is 0.274 e. The van der Waals surface area contributed by atoms with E-state index in [0.717, 1.165) is 16.3 Å². The lowest BCUT2D eigenvalue weighted by atomic mass is 10.0. The molecule has 0 bridgehead atoms. The van der Waals surface area contributed by atoms with Crippen LogP contribution >= 0.6 is 0 Å². The first kappa shape index (κ1) is 16.0. The normalized spacial score (nSPS) is 11.0. The highest BCUT2D eigenvalue weighted by molar-refractivity contribution is 6.04. The van der Waals surface area contributed by atoms with Gasteiger partial charge in [0.25, 0.3) is 11.5 Å². The molecule has 5 nitrogen and oxygen atoms in total. The van der Waals surface area contributed by atoms with Crippen LogP contribution in [0, 0.1) is 0 Å². The summed E-state index contributed by atoms with van der Waals surface area (Å²) in [6, 6.07) is 21.0. The van der Waals surface area contributed by atoms with E-state index < -0.39 is 0 Å². The van der Waals surface area contributed by atoms with Crippen molar-refractivity contribution in [2.45, 2.75) is 6.54 Å². The van der Waals surface area contributed by atoms with Crippen molar-refractivity contribution in [3.63, 3.8) is 0 Å². The molecule has 4 rings (SSSR count). The quantitative estimate of drug-likeness (QED) is 0.622. The summed E-state index contributed by atoms with van der Waals surface area (Å²) in [5.41, 5.74) is 1.03. The second-order valence-electron chi connectivity index (χ2n) is 6.07. The molecule has 0 aliphatic rings. The number of amides is 1. The molecule has 1 N–H and O–H groups in total. The van der Waals surface area contributed by atoms with E-state index in [-0.39, 0.29) is 17.2 Å². The minimum absolute atomic E-state index is 0.207. The highest BCUT2D eigenvalue weighted by Gasteiger charge is 2.16. The number of hydrogen-bond donors (Lipinski definition) is 1. The first-order valence-electron chi connectivity index (χ1n) is 8.37. The average molecular weight is 343 g/mol. The van der Waals surface area contributed by atoms with Crippen molar-refractivity contribution in [1.29, 1.82) is 0 Å². The number of benzene rings is 3. The molecule has 3 aromatic carbocycles. The predicted octanol–water partition coefficient (Wildman–Crippen LogP) is 2.96. The van der Waals surface area contributed by atoms with Crippen LogP contribution in [0.1, 0.15) is 16.1 Å². The van der Waals surface area contributed by atoms with E-state index in [2.05, 4.69) is 10.4 Å². The zero-order valence-electron chi connectivity index (χ0n) is 14.3. The number of carbonyl (C=O) groups is 1. The molecular weight excluding hydrogens is 326 g/mol. The monoisotopic (exact) mass is 343 g/mol. The van der Waals surface area contributed by atoms with Crippen molar-refractivity contribution in [1.82, 2.24) is 15.1 Å². The summed E-state index contributed by atoms with van der Waals surface area (Å²) in [6.45, 7) is 0.301. The van der Waals surface area contributed by atoms with Crippen LogP contribution in [-0.2, 0) is 6.54 Å². The van der Waals surface area contributed by atoms with Gasteiger partial charge in [-0.1, -0.05) is 60.7 Å². The van der Waals surface area contributed by atoms with E-state index in [4.69, 9.17) is 0 Å². The maximum absolute atomic E-state index is 12.9. The first-order chi connectivity index (χ1) is 12.7. The molecule has 26 heavy (non-hydrogen) atoms. The lowest BCUT2D eigenvalue weighted by Crippen LogP contribution is -2.29. The molecule has 1 amide bonds. The molecular formula is C21H17N3O2. The largest absolute Gasteiger partial charge is 0.354 e. The third kappa shape index (κ3) is 2.63. The second kappa shape index (κ2) is 6.44. The summed E-state index contributed by atoms with van der Waals surface area (Å²) in [7, 11) is 1.55. The van der Waals surface area contributed by atoms with Crippen LogP contribution in [0.15, 0.2) is 71.5 Å². The van der Waals surface area contributed by atoms with E-state index in [1.165, 1.54) is 4.68 Å². The molecule has 0 unspecified atom stereocenters. The third-order valence-electron chi connectivity index (χ3n) is 4.51. The van der Waals surface area contributed by atoms with Crippen LogP contribution in [0.3, 0.4) is 0 Å². The van der Waals surface area contributed by atoms with E-state index in [0.29, 0.717) is 17.3 Å². The molecule has 5 heteroatoms. The molecule has 4 aromatic rings. The Morgan fingerprint density at radius 3 is 2.35 bits per heavy atom. The highest BCUT2D eigenvalue weighted by atomic mass is 16.2. The number of nitrogens with zero attached hydrogens (tertiary/aromatic N) is 2. The van der Waals surface area contributed by atoms with Gasteiger partial charge in [-0.25, -0.2) is 4.68 Å². The van der Waals surface area contributed by atoms with Gasteiger partial charge in [-0.05, 0) is 22.4 Å². The summed E-state index contributed by atoms with van der Waals surface area (Å²) < 4.78 is 1.37. The molecule has 0 atom stereocenters. The van der Waals surface area contributed by atoms with Gasteiger partial charge in [0.15, 0.2) is 5.69 Å². The molecule has 0 fully saturated rings. The maximum Gasteiger partial charge on any atom is 0.274 e.